The van der Waals surface area contributed by atoms with Crippen molar-refractivity contribution >= 4 is 11.8 Å². The second kappa shape index (κ2) is 6.83. The Morgan fingerprint density at radius 1 is 1.32 bits per heavy atom. The van der Waals surface area contributed by atoms with Crippen molar-refractivity contribution in [2.45, 2.75) is 43.9 Å². The lowest BCUT2D eigenvalue weighted by Gasteiger charge is -2.22. The van der Waals surface area contributed by atoms with E-state index in [0.717, 1.165) is 12.8 Å². The van der Waals surface area contributed by atoms with Crippen LogP contribution in [0, 0.1) is 0 Å². The molecule has 1 heterocycles. The first-order valence-corrected chi connectivity index (χ1v) is 6.62. The van der Waals surface area contributed by atoms with Crippen LogP contribution in [0.1, 0.15) is 25.7 Å². The van der Waals surface area contributed by atoms with E-state index in [1.807, 2.05) is 0 Å². The Morgan fingerprint density at radius 3 is 2.74 bits per heavy atom. The fourth-order valence-corrected chi connectivity index (χ4v) is 1.77. The number of nitrogens with one attached hydrogen (secondary N) is 2. The number of carbonyl (C=O) groups is 2. The number of carbonyl (C=O) groups excluding carboxylic acids is 2. The molecule has 0 aromatic rings. The van der Waals surface area contributed by atoms with Crippen molar-refractivity contribution in [2.24, 2.45) is 0 Å². The Hall–Kier alpha value is -1.18. The molecule has 0 radical (unpaired) electrons. The van der Waals surface area contributed by atoms with Crippen LogP contribution in [0.4, 0.5) is 0 Å². The number of aliphatic hydroxyl groups excluding tert-OH is 1. The molecule has 2 aliphatic rings. The predicted molar refractivity (Wildman–Crippen MR) is 65.1 cm³/mol. The third-order valence-corrected chi connectivity index (χ3v) is 3.11. The average molecular weight is 272 g/mol. The number of rotatable bonds is 6. The summed E-state index contributed by atoms with van der Waals surface area (Å²) in [6, 6.07) is 0.229. The summed E-state index contributed by atoms with van der Waals surface area (Å²) in [5.41, 5.74) is 0. The van der Waals surface area contributed by atoms with E-state index in [1.54, 1.807) is 0 Å². The monoisotopic (exact) mass is 272 g/mol. The van der Waals surface area contributed by atoms with Gasteiger partial charge in [0.25, 0.3) is 0 Å². The highest BCUT2D eigenvalue weighted by atomic mass is 16.7. The quantitative estimate of drug-likeness (QED) is 0.570. The predicted octanol–water partition coefficient (Wildman–Crippen LogP) is -1.10. The third kappa shape index (κ3) is 4.77. The first-order valence-electron chi connectivity index (χ1n) is 6.62. The van der Waals surface area contributed by atoms with Crippen LogP contribution < -0.4 is 10.6 Å². The maximum Gasteiger partial charge on any atom is 0.249 e. The van der Waals surface area contributed by atoms with Crippen molar-refractivity contribution in [2.75, 3.05) is 19.9 Å². The standard InChI is InChI=1S/C12H20N2O5/c15-9(11(16)14-8-1-2-8)3-5-13-12(17)10-4-6-18-7-19-10/h8-10,15H,1-7H2,(H,13,17)(H,14,16). The number of aliphatic hydroxyl groups is 1. The van der Waals surface area contributed by atoms with Crippen LogP contribution in [0.15, 0.2) is 0 Å². The Morgan fingerprint density at radius 2 is 2.11 bits per heavy atom. The summed E-state index contributed by atoms with van der Waals surface area (Å²) in [7, 11) is 0. The van der Waals surface area contributed by atoms with Crippen LogP contribution in [-0.4, -0.2) is 55.1 Å². The summed E-state index contributed by atoms with van der Waals surface area (Å²) in [5.74, 6) is -0.586. The van der Waals surface area contributed by atoms with Gasteiger partial charge in [-0.2, -0.15) is 0 Å². The summed E-state index contributed by atoms with van der Waals surface area (Å²) in [6.45, 7) is 0.883. The van der Waals surface area contributed by atoms with E-state index < -0.39 is 12.2 Å². The van der Waals surface area contributed by atoms with Crippen LogP contribution in [0.5, 0.6) is 0 Å². The smallest absolute Gasteiger partial charge is 0.249 e. The highest BCUT2D eigenvalue weighted by molar-refractivity contribution is 5.82. The van der Waals surface area contributed by atoms with Gasteiger partial charge in [0, 0.05) is 19.0 Å². The summed E-state index contributed by atoms with van der Waals surface area (Å²) in [5, 5.41) is 15.0. The molecule has 0 aromatic heterocycles. The molecule has 7 nitrogen and oxygen atoms in total. The minimum atomic E-state index is -1.07. The largest absolute Gasteiger partial charge is 0.383 e. The van der Waals surface area contributed by atoms with E-state index in [4.69, 9.17) is 9.47 Å². The minimum Gasteiger partial charge on any atom is -0.383 e. The van der Waals surface area contributed by atoms with Crippen LogP contribution >= 0.6 is 0 Å². The zero-order valence-electron chi connectivity index (χ0n) is 10.8. The zero-order valence-corrected chi connectivity index (χ0v) is 10.8. The molecule has 19 heavy (non-hydrogen) atoms. The van der Waals surface area contributed by atoms with Gasteiger partial charge in [0.15, 0.2) is 0 Å². The maximum absolute atomic E-state index is 11.7. The number of hydrogen-bond donors (Lipinski definition) is 3. The van der Waals surface area contributed by atoms with Crippen LogP contribution in [0.2, 0.25) is 0 Å². The van der Waals surface area contributed by atoms with Gasteiger partial charge in [0.2, 0.25) is 11.8 Å². The second-order valence-electron chi connectivity index (χ2n) is 4.85. The first-order chi connectivity index (χ1) is 9.16. The lowest BCUT2D eigenvalue weighted by molar-refractivity contribution is -0.163. The molecule has 1 saturated carbocycles. The summed E-state index contributed by atoms with van der Waals surface area (Å²) in [6.07, 6.45) is 1.12. The van der Waals surface area contributed by atoms with Crippen molar-refractivity contribution in [1.29, 1.82) is 0 Å². The molecule has 7 heteroatoms. The zero-order chi connectivity index (χ0) is 13.7. The molecule has 1 saturated heterocycles. The molecule has 0 aromatic carbocycles. The van der Waals surface area contributed by atoms with Crippen LogP contribution in [0.3, 0.4) is 0 Å². The molecule has 1 aliphatic heterocycles. The minimum absolute atomic E-state index is 0.129. The molecule has 2 fully saturated rings. The number of ether oxygens (including phenoxy) is 2. The Balaban J connectivity index is 1.59. The van der Waals surface area contributed by atoms with Crippen LogP contribution in [0.25, 0.3) is 0 Å². The van der Waals surface area contributed by atoms with E-state index in [9.17, 15) is 14.7 Å². The second-order valence-corrected chi connectivity index (χ2v) is 4.85. The molecule has 0 spiro atoms. The lowest BCUT2D eigenvalue weighted by Crippen LogP contribution is -2.42. The topological polar surface area (TPSA) is 96.9 Å². The SMILES string of the molecule is O=C(NC1CC1)C(O)CCNC(=O)C1CCOCO1. The molecule has 0 bridgehead atoms. The Labute approximate surface area is 111 Å². The highest BCUT2D eigenvalue weighted by Crippen LogP contribution is 2.18. The number of hydrogen-bond acceptors (Lipinski definition) is 5. The van der Waals surface area contributed by atoms with Gasteiger partial charge in [0.1, 0.15) is 19.0 Å². The van der Waals surface area contributed by atoms with Gasteiger partial charge < -0.3 is 25.2 Å². The van der Waals surface area contributed by atoms with E-state index >= 15 is 0 Å². The van der Waals surface area contributed by atoms with E-state index in [0.29, 0.717) is 13.0 Å². The van der Waals surface area contributed by atoms with Crippen molar-refractivity contribution < 1.29 is 24.2 Å². The van der Waals surface area contributed by atoms with Gasteiger partial charge in [-0.15, -0.1) is 0 Å². The van der Waals surface area contributed by atoms with Crippen molar-refractivity contribution in [3.8, 4) is 0 Å². The fourth-order valence-electron chi connectivity index (χ4n) is 1.77. The number of amides is 2. The maximum atomic E-state index is 11.7. The van der Waals surface area contributed by atoms with Crippen molar-refractivity contribution in [3.63, 3.8) is 0 Å². The first kappa shape index (κ1) is 14.2. The summed E-state index contributed by atoms with van der Waals surface area (Å²) >= 11 is 0. The van der Waals surface area contributed by atoms with E-state index in [1.165, 1.54) is 0 Å². The molecule has 3 N–H and O–H groups in total. The summed E-state index contributed by atoms with van der Waals surface area (Å²) < 4.78 is 10.1. The molecule has 2 atom stereocenters. The average Bonchev–Trinajstić information content (AvgIpc) is 3.23. The van der Waals surface area contributed by atoms with Gasteiger partial charge in [-0.05, 0) is 19.3 Å². The molecule has 2 rings (SSSR count). The van der Waals surface area contributed by atoms with E-state index in [2.05, 4.69) is 10.6 Å². The van der Waals surface area contributed by atoms with Gasteiger partial charge in [-0.25, -0.2) is 0 Å². The molecular weight excluding hydrogens is 252 g/mol. The Kier molecular flexibility index (Phi) is 5.12. The van der Waals surface area contributed by atoms with Gasteiger partial charge in [-0.3, -0.25) is 9.59 Å². The molecule has 108 valence electrons. The molecule has 1 aliphatic carbocycles. The van der Waals surface area contributed by atoms with Crippen molar-refractivity contribution in [3.05, 3.63) is 0 Å². The molecule has 2 amide bonds. The van der Waals surface area contributed by atoms with Crippen LogP contribution in [-0.2, 0) is 19.1 Å². The van der Waals surface area contributed by atoms with E-state index in [-0.39, 0.29) is 37.6 Å². The Bertz CT molecular complexity index is 326. The van der Waals surface area contributed by atoms with Gasteiger partial charge in [0.05, 0.1) is 6.61 Å². The molecular formula is C12H20N2O5. The lowest BCUT2D eigenvalue weighted by atomic mass is 10.2. The van der Waals surface area contributed by atoms with Crippen molar-refractivity contribution in [1.82, 2.24) is 10.6 Å². The molecule has 2 unspecified atom stereocenters. The fraction of sp³-hybridized carbons (Fsp3) is 0.833. The third-order valence-electron chi connectivity index (χ3n) is 3.11. The summed E-state index contributed by atoms with van der Waals surface area (Å²) in [4.78, 5) is 23.1. The highest BCUT2D eigenvalue weighted by Gasteiger charge is 2.27. The van der Waals surface area contributed by atoms with Gasteiger partial charge >= 0.3 is 0 Å². The van der Waals surface area contributed by atoms with Gasteiger partial charge in [-0.1, -0.05) is 0 Å². The normalized spacial score (nSPS) is 24.6.